The number of aromatic nitrogens is 3. The minimum Gasteiger partial charge on any atom is -0.508 e. The van der Waals surface area contributed by atoms with Crippen LogP contribution >= 0.6 is 11.8 Å². The van der Waals surface area contributed by atoms with Crippen molar-refractivity contribution < 1.29 is 14.6 Å². The monoisotopic (exact) mass is 446 g/mol. The van der Waals surface area contributed by atoms with Crippen LogP contribution in [0.5, 0.6) is 11.5 Å². The Morgan fingerprint density at radius 1 is 1.00 bits per heavy atom. The van der Waals surface area contributed by atoms with Gasteiger partial charge in [-0.25, -0.2) is 0 Å². The van der Waals surface area contributed by atoms with Gasteiger partial charge in [0.2, 0.25) is 5.91 Å². The van der Waals surface area contributed by atoms with E-state index in [1.54, 1.807) is 31.4 Å². The lowest BCUT2D eigenvalue weighted by Crippen LogP contribution is -2.14. The predicted octanol–water partition coefficient (Wildman–Crippen LogP) is 4.69. The molecule has 4 aromatic rings. The number of ether oxygens (including phenoxy) is 1. The van der Waals surface area contributed by atoms with Crippen LogP contribution in [0.25, 0.3) is 17.1 Å². The number of methoxy groups -OCH3 is 1. The maximum atomic E-state index is 12.5. The number of hydrogen-bond donors (Lipinski definition) is 2. The number of nitrogens with one attached hydrogen (secondary N) is 1. The molecule has 32 heavy (non-hydrogen) atoms. The number of thioether (sulfide) groups is 1. The molecule has 0 saturated carbocycles. The molecule has 7 nitrogen and oxygen atoms in total. The summed E-state index contributed by atoms with van der Waals surface area (Å²) in [4.78, 5) is 12.5. The van der Waals surface area contributed by atoms with E-state index < -0.39 is 0 Å². The van der Waals surface area contributed by atoms with Crippen LogP contribution in [-0.4, -0.2) is 38.6 Å². The molecule has 0 fully saturated rings. The number of benzene rings is 3. The Kier molecular flexibility index (Phi) is 6.42. The summed E-state index contributed by atoms with van der Waals surface area (Å²) in [6.45, 7) is 2.00. The van der Waals surface area contributed by atoms with E-state index in [0.29, 0.717) is 11.0 Å². The van der Waals surface area contributed by atoms with Gasteiger partial charge in [-0.15, -0.1) is 10.2 Å². The van der Waals surface area contributed by atoms with Crippen LogP contribution in [0.2, 0.25) is 0 Å². The molecular formula is C24H22N4O3S. The second-order valence-corrected chi connectivity index (χ2v) is 8.03. The number of aryl methyl sites for hydroxylation is 1. The van der Waals surface area contributed by atoms with Gasteiger partial charge < -0.3 is 15.2 Å². The third kappa shape index (κ3) is 4.92. The fourth-order valence-corrected chi connectivity index (χ4v) is 3.84. The lowest BCUT2D eigenvalue weighted by Gasteiger charge is -2.11. The minimum atomic E-state index is -0.130. The highest BCUT2D eigenvalue weighted by Crippen LogP contribution is 2.29. The predicted molar refractivity (Wildman–Crippen MR) is 126 cm³/mol. The van der Waals surface area contributed by atoms with Gasteiger partial charge in [-0.1, -0.05) is 29.5 Å². The highest BCUT2D eigenvalue weighted by molar-refractivity contribution is 7.99. The number of aromatic hydroxyl groups is 1. The Labute approximate surface area is 190 Å². The highest BCUT2D eigenvalue weighted by atomic mass is 32.2. The number of carbonyl (C=O) groups excluding carboxylic acids is 1. The van der Waals surface area contributed by atoms with Crippen LogP contribution in [-0.2, 0) is 4.79 Å². The van der Waals surface area contributed by atoms with Crippen LogP contribution in [0.4, 0.5) is 5.69 Å². The summed E-state index contributed by atoms with van der Waals surface area (Å²) in [6.07, 6.45) is 0. The average molecular weight is 447 g/mol. The molecule has 2 N–H and O–H groups in total. The molecule has 0 bridgehead atoms. The van der Waals surface area contributed by atoms with Crippen LogP contribution in [0.3, 0.4) is 0 Å². The number of phenols is 1. The minimum absolute atomic E-state index is 0.130. The summed E-state index contributed by atoms with van der Waals surface area (Å²) in [5.41, 5.74) is 3.51. The van der Waals surface area contributed by atoms with Crippen molar-refractivity contribution >= 4 is 23.4 Å². The molecule has 0 aliphatic carbocycles. The molecule has 1 amide bonds. The normalized spacial score (nSPS) is 10.7. The van der Waals surface area contributed by atoms with Crippen LogP contribution in [0.15, 0.2) is 78.0 Å². The van der Waals surface area contributed by atoms with Crippen molar-refractivity contribution in [1.82, 2.24) is 14.8 Å². The van der Waals surface area contributed by atoms with Gasteiger partial charge in [0.1, 0.15) is 11.5 Å². The van der Waals surface area contributed by atoms with Crippen molar-refractivity contribution in [2.75, 3.05) is 18.2 Å². The van der Waals surface area contributed by atoms with Crippen molar-refractivity contribution in [3.05, 3.63) is 78.4 Å². The first-order valence-corrected chi connectivity index (χ1v) is 10.9. The van der Waals surface area contributed by atoms with E-state index in [1.807, 2.05) is 60.0 Å². The molecule has 1 heterocycles. The first-order valence-electron chi connectivity index (χ1n) is 9.92. The van der Waals surface area contributed by atoms with Gasteiger partial charge in [-0.2, -0.15) is 0 Å². The van der Waals surface area contributed by atoms with E-state index in [4.69, 9.17) is 4.74 Å². The molecular weight excluding hydrogens is 424 g/mol. The van der Waals surface area contributed by atoms with E-state index in [-0.39, 0.29) is 17.4 Å². The van der Waals surface area contributed by atoms with Crippen molar-refractivity contribution in [3.63, 3.8) is 0 Å². The van der Waals surface area contributed by atoms with Gasteiger partial charge in [0.25, 0.3) is 0 Å². The lowest BCUT2D eigenvalue weighted by molar-refractivity contribution is -0.113. The molecule has 162 valence electrons. The average Bonchev–Trinajstić information content (AvgIpc) is 3.24. The van der Waals surface area contributed by atoms with Crippen molar-refractivity contribution in [1.29, 1.82) is 0 Å². The smallest absolute Gasteiger partial charge is 0.234 e. The number of hydrogen-bond acceptors (Lipinski definition) is 6. The largest absolute Gasteiger partial charge is 0.508 e. The van der Waals surface area contributed by atoms with Gasteiger partial charge in [0, 0.05) is 16.9 Å². The Morgan fingerprint density at radius 2 is 1.69 bits per heavy atom. The first-order chi connectivity index (χ1) is 15.5. The topological polar surface area (TPSA) is 89.3 Å². The third-order valence-corrected chi connectivity index (χ3v) is 5.69. The molecule has 0 radical (unpaired) electrons. The van der Waals surface area contributed by atoms with E-state index in [9.17, 15) is 9.90 Å². The zero-order chi connectivity index (χ0) is 22.5. The Hall–Kier alpha value is -3.78. The van der Waals surface area contributed by atoms with E-state index in [1.165, 1.54) is 11.8 Å². The summed E-state index contributed by atoms with van der Waals surface area (Å²) in [7, 11) is 1.61. The molecule has 1 aromatic heterocycles. The highest BCUT2D eigenvalue weighted by Gasteiger charge is 2.17. The van der Waals surface area contributed by atoms with E-state index >= 15 is 0 Å². The van der Waals surface area contributed by atoms with E-state index in [2.05, 4.69) is 15.5 Å². The summed E-state index contributed by atoms with van der Waals surface area (Å²) < 4.78 is 7.15. The fraction of sp³-hybridized carbons (Fsp3) is 0.125. The van der Waals surface area contributed by atoms with Crippen molar-refractivity contribution in [2.24, 2.45) is 0 Å². The maximum Gasteiger partial charge on any atom is 0.234 e. The number of carbonyl (C=O) groups is 1. The number of rotatable bonds is 7. The summed E-state index contributed by atoms with van der Waals surface area (Å²) >= 11 is 1.30. The third-order valence-electron chi connectivity index (χ3n) is 4.76. The maximum absolute atomic E-state index is 12.5. The zero-order valence-corrected chi connectivity index (χ0v) is 18.5. The number of anilines is 1. The molecule has 8 heteroatoms. The van der Waals surface area contributed by atoms with Crippen LogP contribution < -0.4 is 10.1 Å². The summed E-state index contributed by atoms with van der Waals surface area (Å²) in [5, 5.41) is 21.8. The SMILES string of the molecule is COc1ccc(-n2c(SCC(=O)Nc3ccc(C)cc3)nnc2-c2ccc(O)cc2)cc1. The molecule has 0 spiro atoms. The van der Waals surface area contributed by atoms with Crippen molar-refractivity contribution in [2.45, 2.75) is 12.1 Å². The van der Waals surface area contributed by atoms with Gasteiger partial charge in [-0.05, 0) is 67.6 Å². The Bertz CT molecular complexity index is 1200. The van der Waals surface area contributed by atoms with Gasteiger partial charge >= 0.3 is 0 Å². The summed E-state index contributed by atoms with van der Waals surface area (Å²) in [6, 6.07) is 21.9. The van der Waals surface area contributed by atoms with Gasteiger partial charge in [0.15, 0.2) is 11.0 Å². The quantitative estimate of drug-likeness (QED) is 0.401. The number of nitrogens with zero attached hydrogens (tertiary/aromatic N) is 3. The lowest BCUT2D eigenvalue weighted by atomic mass is 10.2. The molecule has 0 saturated heterocycles. The van der Waals surface area contributed by atoms with Gasteiger partial charge in [-0.3, -0.25) is 9.36 Å². The van der Waals surface area contributed by atoms with Crippen LogP contribution in [0, 0.1) is 6.92 Å². The second kappa shape index (κ2) is 9.57. The zero-order valence-electron chi connectivity index (χ0n) is 17.6. The molecule has 0 aliphatic rings. The molecule has 0 atom stereocenters. The van der Waals surface area contributed by atoms with Gasteiger partial charge in [0.05, 0.1) is 12.9 Å². The molecule has 4 rings (SSSR count). The first kappa shape index (κ1) is 21.5. The standard InChI is InChI=1S/C24H22N4O3S/c1-16-3-7-18(8-4-16)25-22(30)15-32-24-27-26-23(17-5-11-20(29)12-6-17)28(24)19-9-13-21(31-2)14-10-19/h3-14,29H,15H2,1-2H3,(H,25,30). The van der Waals surface area contributed by atoms with E-state index in [0.717, 1.165) is 28.3 Å². The van der Waals surface area contributed by atoms with Crippen LogP contribution in [0.1, 0.15) is 5.56 Å². The second-order valence-electron chi connectivity index (χ2n) is 7.09. The summed E-state index contributed by atoms with van der Waals surface area (Å²) in [5.74, 6) is 1.56. The van der Waals surface area contributed by atoms with Crippen molar-refractivity contribution in [3.8, 4) is 28.6 Å². The Balaban J connectivity index is 1.60. The molecule has 0 unspecified atom stereocenters. The fourth-order valence-electron chi connectivity index (χ4n) is 3.09. The Morgan fingerprint density at radius 3 is 2.34 bits per heavy atom. The molecule has 3 aromatic carbocycles. The number of amides is 1. The molecule has 0 aliphatic heterocycles. The number of phenolic OH excluding ortho intramolecular Hbond substituents is 1.